The second-order valence-corrected chi connectivity index (χ2v) is 8.45. The van der Waals surface area contributed by atoms with E-state index in [1.54, 1.807) is 24.3 Å². The highest BCUT2D eigenvalue weighted by Gasteiger charge is 2.32. The summed E-state index contributed by atoms with van der Waals surface area (Å²) in [6, 6.07) is 20.1. The number of hydrogen-bond acceptors (Lipinski definition) is 4. The number of benzene rings is 2. The maximum absolute atomic E-state index is 13.9. The topological polar surface area (TPSA) is 71.5 Å². The van der Waals surface area contributed by atoms with Crippen LogP contribution in [-0.2, 0) is 4.79 Å². The molecule has 7 heteroatoms. The second-order valence-electron chi connectivity index (χ2n) is 8.45. The van der Waals surface area contributed by atoms with Crippen molar-refractivity contribution in [3.05, 3.63) is 89.5 Å². The van der Waals surface area contributed by atoms with Gasteiger partial charge in [-0.3, -0.25) is 9.59 Å². The van der Waals surface area contributed by atoms with Gasteiger partial charge in [0.25, 0.3) is 11.8 Å². The lowest BCUT2D eigenvalue weighted by Crippen LogP contribution is -2.40. The molecule has 1 fully saturated rings. The third kappa shape index (κ3) is 4.44. The summed E-state index contributed by atoms with van der Waals surface area (Å²) in [6.45, 7) is 1.18. The first-order chi connectivity index (χ1) is 16.1. The summed E-state index contributed by atoms with van der Waals surface area (Å²) in [7, 11) is 0. The maximum Gasteiger partial charge on any atom is 0.262 e. The van der Waals surface area contributed by atoms with E-state index in [-0.39, 0.29) is 30.3 Å². The van der Waals surface area contributed by atoms with Gasteiger partial charge in [0.05, 0.1) is 11.4 Å². The number of rotatable bonds is 4. The van der Waals surface area contributed by atoms with Gasteiger partial charge in [-0.2, -0.15) is 4.39 Å². The second kappa shape index (κ2) is 9.02. The van der Waals surface area contributed by atoms with Gasteiger partial charge in [-0.15, -0.1) is 0 Å². The molecule has 3 heterocycles. The number of hydrogen-bond donors (Lipinski definition) is 1. The van der Waals surface area contributed by atoms with Gasteiger partial charge in [0.15, 0.2) is 6.61 Å². The van der Waals surface area contributed by atoms with Gasteiger partial charge in [0, 0.05) is 24.6 Å². The molecule has 0 bridgehead atoms. The van der Waals surface area contributed by atoms with Crippen LogP contribution in [0.1, 0.15) is 40.4 Å². The average molecular weight is 445 g/mol. The Morgan fingerprint density at radius 3 is 2.61 bits per heavy atom. The lowest BCUT2D eigenvalue weighted by atomic mass is 9.78. The Hall–Kier alpha value is -3.74. The normalized spacial score (nSPS) is 17.0. The maximum atomic E-state index is 13.9. The van der Waals surface area contributed by atoms with Crippen LogP contribution < -0.4 is 10.1 Å². The largest absolute Gasteiger partial charge is 0.482 e. The predicted molar refractivity (Wildman–Crippen MR) is 122 cm³/mol. The minimum Gasteiger partial charge on any atom is -0.482 e. The van der Waals surface area contributed by atoms with Crippen LogP contribution >= 0.6 is 0 Å². The van der Waals surface area contributed by atoms with Crippen LogP contribution in [-0.4, -0.2) is 41.4 Å². The van der Waals surface area contributed by atoms with Crippen molar-refractivity contribution in [3.8, 4) is 5.75 Å². The number of nitrogens with one attached hydrogen (secondary N) is 1. The smallest absolute Gasteiger partial charge is 0.262 e. The number of amides is 2. The third-order valence-corrected chi connectivity index (χ3v) is 6.37. The number of nitrogens with zero attached hydrogens (tertiary/aromatic N) is 2. The van der Waals surface area contributed by atoms with Gasteiger partial charge in [0.1, 0.15) is 5.75 Å². The molecule has 2 aromatic carbocycles. The summed E-state index contributed by atoms with van der Waals surface area (Å²) in [6.07, 6.45) is 1.57. The predicted octanol–water partition coefficient (Wildman–Crippen LogP) is 4.24. The van der Waals surface area contributed by atoms with E-state index >= 15 is 0 Å². The van der Waals surface area contributed by atoms with Crippen LogP contribution in [0.3, 0.4) is 0 Å². The highest BCUT2D eigenvalue weighted by molar-refractivity contribution is 5.99. The highest BCUT2D eigenvalue weighted by atomic mass is 19.1. The van der Waals surface area contributed by atoms with Crippen molar-refractivity contribution in [1.29, 1.82) is 0 Å². The van der Waals surface area contributed by atoms with Crippen LogP contribution in [0.2, 0.25) is 0 Å². The van der Waals surface area contributed by atoms with Gasteiger partial charge < -0.3 is 15.0 Å². The Morgan fingerprint density at radius 1 is 1.06 bits per heavy atom. The van der Waals surface area contributed by atoms with Gasteiger partial charge in [-0.25, -0.2) is 4.98 Å². The van der Waals surface area contributed by atoms with E-state index in [2.05, 4.69) is 22.4 Å². The molecular weight excluding hydrogens is 421 g/mol. The Bertz CT molecular complexity index is 1180. The van der Waals surface area contributed by atoms with Gasteiger partial charge in [-0.1, -0.05) is 36.4 Å². The SMILES string of the molecule is O=C1COc2ccc(C(=O)N3CCC([C@@H](c4ccccc4)c4cccc(F)n4)CC3)cc2N1. The van der Waals surface area contributed by atoms with E-state index in [1.165, 1.54) is 6.07 Å². The van der Waals surface area contributed by atoms with Crippen LogP contribution in [0.25, 0.3) is 0 Å². The van der Waals surface area contributed by atoms with Crippen molar-refractivity contribution >= 4 is 17.5 Å². The molecule has 2 aliphatic heterocycles. The molecule has 0 unspecified atom stereocenters. The molecule has 1 aromatic heterocycles. The molecule has 0 saturated carbocycles. The lowest BCUT2D eigenvalue weighted by molar-refractivity contribution is -0.118. The number of piperidine rings is 1. The number of pyridine rings is 1. The highest BCUT2D eigenvalue weighted by Crippen LogP contribution is 2.38. The summed E-state index contributed by atoms with van der Waals surface area (Å²) in [5, 5.41) is 2.75. The minimum atomic E-state index is -0.482. The quantitative estimate of drug-likeness (QED) is 0.610. The summed E-state index contributed by atoms with van der Waals surface area (Å²) in [4.78, 5) is 30.8. The van der Waals surface area contributed by atoms with Crippen molar-refractivity contribution in [3.63, 3.8) is 0 Å². The van der Waals surface area contributed by atoms with E-state index < -0.39 is 5.95 Å². The van der Waals surface area contributed by atoms with Gasteiger partial charge in [0.2, 0.25) is 5.95 Å². The van der Waals surface area contributed by atoms with Crippen molar-refractivity contribution < 1.29 is 18.7 Å². The standard InChI is InChI=1S/C26H24FN3O3/c27-23-8-4-7-20(28-23)25(17-5-2-1-3-6-17)18-11-13-30(14-12-18)26(32)19-9-10-22-21(15-19)29-24(31)16-33-22/h1-10,15,18,25H,11-14,16H2,(H,29,31)/t25-/m1/s1. The average Bonchev–Trinajstić information content (AvgIpc) is 2.84. The van der Waals surface area contributed by atoms with Gasteiger partial charge in [-0.05, 0) is 54.7 Å². The van der Waals surface area contributed by atoms with Crippen molar-refractivity contribution in [1.82, 2.24) is 9.88 Å². The molecule has 0 spiro atoms. The Labute approximate surface area is 191 Å². The molecule has 2 amide bonds. The summed E-state index contributed by atoms with van der Waals surface area (Å²) in [5.74, 6) is -0.0121. The number of ether oxygens (including phenoxy) is 1. The van der Waals surface area contributed by atoms with Gasteiger partial charge >= 0.3 is 0 Å². The van der Waals surface area contributed by atoms with Crippen LogP contribution in [0.15, 0.2) is 66.7 Å². The van der Waals surface area contributed by atoms with Crippen molar-refractivity contribution in [2.75, 3.05) is 25.0 Å². The summed E-state index contributed by atoms with van der Waals surface area (Å²) >= 11 is 0. The molecule has 1 N–H and O–H groups in total. The summed E-state index contributed by atoms with van der Waals surface area (Å²) < 4.78 is 19.3. The molecule has 33 heavy (non-hydrogen) atoms. The van der Waals surface area contributed by atoms with E-state index in [0.29, 0.717) is 30.1 Å². The van der Waals surface area contributed by atoms with Crippen molar-refractivity contribution in [2.24, 2.45) is 5.92 Å². The molecule has 1 saturated heterocycles. The zero-order chi connectivity index (χ0) is 22.8. The fourth-order valence-electron chi connectivity index (χ4n) is 4.78. The Kier molecular flexibility index (Phi) is 5.77. The van der Waals surface area contributed by atoms with E-state index in [4.69, 9.17) is 4.74 Å². The molecular formula is C26H24FN3O3. The Morgan fingerprint density at radius 2 is 1.85 bits per heavy atom. The number of carbonyl (C=O) groups excluding carboxylic acids is 2. The summed E-state index contributed by atoms with van der Waals surface area (Å²) in [5.41, 5.74) is 2.86. The van der Waals surface area contributed by atoms with Crippen LogP contribution in [0, 0.1) is 11.9 Å². The molecule has 168 valence electrons. The fraction of sp³-hybridized carbons (Fsp3) is 0.269. The van der Waals surface area contributed by atoms with Crippen LogP contribution in [0.5, 0.6) is 5.75 Å². The fourth-order valence-corrected chi connectivity index (χ4v) is 4.78. The monoisotopic (exact) mass is 445 g/mol. The molecule has 6 nitrogen and oxygen atoms in total. The number of likely N-dealkylation sites (tertiary alicyclic amines) is 1. The number of fused-ring (bicyclic) bond motifs is 1. The molecule has 0 aliphatic carbocycles. The first-order valence-corrected chi connectivity index (χ1v) is 11.1. The van der Waals surface area contributed by atoms with Crippen LogP contribution in [0.4, 0.5) is 10.1 Å². The molecule has 5 rings (SSSR count). The zero-order valence-corrected chi connectivity index (χ0v) is 18.0. The Balaban J connectivity index is 1.32. The zero-order valence-electron chi connectivity index (χ0n) is 18.0. The molecule has 1 atom stereocenters. The molecule has 0 radical (unpaired) electrons. The number of carbonyl (C=O) groups is 2. The van der Waals surface area contributed by atoms with E-state index in [0.717, 1.165) is 24.1 Å². The number of anilines is 1. The van der Waals surface area contributed by atoms with E-state index in [1.807, 2.05) is 29.2 Å². The molecule has 3 aromatic rings. The minimum absolute atomic E-state index is 0.0173. The first-order valence-electron chi connectivity index (χ1n) is 11.1. The first kappa shape index (κ1) is 21.1. The number of halogens is 1. The lowest BCUT2D eigenvalue weighted by Gasteiger charge is -2.36. The van der Waals surface area contributed by atoms with E-state index in [9.17, 15) is 14.0 Å². The number of aromatic nitrogens is 1. The van der Waals surface area contributed by atoms with Crippen molar-refractivity contribution in [2.45, 2.75) is 18.8 Å². The third-order valence-electron chi connectivity index (χ3n) is 6.37. The molecule has 2 aliphatic rings.